The first-order chi connectivity index (χ1) is 3.79. The second-order valence-electron chi connectivity index (χ2n) is 1.75. The van der Waals surface area contributed by atoms with E-state index in [9.17, 15) is 0 Å². The summed E-state index contributed by atoms with van der Waals surface area (Å²) in [6.07, 6.45) is 0. The van der Waals surface area contributed by atoms with Gasteiger partial charge < -0.3 is 5.11 Å². The normalized spacial score (nSPS) is 8.11. The number of benzene rings is 1. The van der Waals surface area contributed by atoms with E-state index in [1.165, 1.54) is 0 Å². The zero-order valence-electron chi connectivity index (χ0n) is 5.26. The van der Waals surface area contributed by atoms with Crippen LogP contribution >= 0.6 is 0 Å². The summed E-state index contributed by atoms with van der Waals surface area (Å²) in [5, 5.41) is 8.70. The monoisotopic (exact) mass is 196 g/mol. The molecular formula is C7H7OY-. The van der Waals surface area contributed by atoms with Crippen molar-refractivity contribution in [3.8, 4) is 5.75 Å². The van der Waals surface area contributed by atoms with E-state index in [0.29, 0.717) is 0 Å². The quantitative estimate of drug-likeness (QED) is 0.623. The molecule has 0 saturated carbocycles. The second-order valence-corrected chi connectivity index (χ2v) is 1.75. The minimum Gasteiger partial charge on any atom is -0.534 e. The SMILES string of the molecule is Cc1c[c-]c(O)cc1.[Y]. The van der Waals surface area contributed by atoms with E-state index in [2.05, 4.69) is 6.07 Å². The van der Waals surface area contributed by atoms with E-state index >= 15 is 0 Å². The third-order valence-electron chi connectivity index (χ3n) is 0.952. The molecule has 0 aromatic heterocycles. The van der Waals surface area contributed by atoms with E-state index < -0.39 is 0 Å². The van der Waals surface area contributed by atoms with Crippen LogP contribution in [0.5, 0.6) is 5.75 Å². The number of rotatable bonds is 0. The summed E-state index contributed by atoms with van der Waals surface area (Å²) >= 11 is 0. The van der Waals surface area contributed by atoms with Gasteiger partial charge in [-0.25, -0.2) is 0 Å². The molecule has 2 heteroatoms. The minimum atomic E-state index is 0. The van der Waals surface area contributed by atoms with Gasteiger partial charge in [-0.2, -0.15) is 17.7 Å². The van der Waals surface area contributed by atoms with Gasteiger partial charge >= 0.3 is 0 Å². The zero-order valence-corrected chi connectivity index (χ0v) is 8.09. The Balaban J connectivity index is 0.000000640. The van der Waals surface area contributed by atoms with Gasteiger partial charge in [0.05, 0.1) is 0 Å². The van der Waals surface area contributed by atoms with Gasteiger partial charge in [0.2, 0.25) is 0 Å². The fraction of sp³-hybridized carbons (Fsp3) is 0.143. The predicted octanol–water partition coefficient (Wildman–Crippen LogP) is 1.50. The molecule has 45 valence electrons. The molecule has 0 aliphatic rings. The molecule has 0 spiro atoms. The maximum absolute atomic E-state index is 8.70. The molecule has 0 amide bonds. The summed E-state index contributed by atoms with van der Waals surface area (Å²) in [5.41, 5.74) is 1.11. The number of aryl methyl sites for hydroxylation is 1. The molecule has 0 aliphatic heterocycles. The van der Waals surface area contributed by atoms with Crippen molar-refractivity contribution in [1.29, 1.82) is 0 Å². The molecule has 1 aromatic rings. The van der Waals surface area contributed by atoms with Gasteiger partial charge in [-0.1, -0.05) is 6.92 Å². The van der Waals surface area contributed by atoms with Gasteiger partial charge in [-0.05, 0) is 0 Å². The molecule has 0 saturated heterocycles. The zero-order chi connectivity index (χ0) is 5.98. The van der Waals surface area contributed by atoms with E-state index in [4.69, 9.17) is 5.11 Å². The van der Waals surface area contributed by atoms with Crippen LogP contribution < -0.4 is 0 Å². The van der Waals surface area contributed by atoms with Gasteiger partial charge in [-0.3, -0.25) is 0 Å². The van der Waals surface area contributed by atoms with Crippen molar-refractivity contribution in [2.75, 3.05) is 0 Å². The smallest absolute Gasteiger partial charge is 0.00399 e. The Morgan fingerprint density at radius 2 is 2.11 bits per heavy atom. The van der Waals surface area contributed by atoms with Crippen molar-refractivity contribution in [2.24, 2.45) is 0 Å². The maximum Gasteiger partial charge on any atom is 0.00399 e. The third-order valence-corrected chi connectivity index (χ3v) is 0.952. The molecule has 1 rings (SSSR count). The van der Waals surface area contributed by atoms with Crippen molar-refractivity contribution < 1.29 is 37.8 Å². The molecule has 1 nitrogen and oxygen atoms in total. The van der Waals surface area contributed by atoms with Crippen LogP contribution in [0.15, 0.2) is 18.2 Å². The number of hydrogen-bond donors (Lipinski definition) is 1. The van der Waals surface area contributed by atoms with Crippen LogP contribution in [0.4, 0.5) is 0 Å². The van der Waals surface area contributed by atoms with Crippen LogP contribution in [0.3, 0.4) is 0 Å². The summed E-state index contributed by atoms with van der Waals surface area (Å²) in [5.74, 6) is 0.204. The summed E-state index contributed by atoms with van der Waals surface area (Å²) in [4.78, 5) is 0. The summed E-state index contributed by atoms with van der Waals surface area (Å²) in [6.45, 7) is 1.95. The minimum absolute atomic E-state index is 0. The molecule has 0 aliphatic carbocycles. The molecule has 0 fully saturated rings. The third kappa shape index (κ3) is 2.97. The molecule has 0 bridgehead atoms. The number of aromatic hydroxyl groups is 1. The fourth-order valence-corrected chi connectivity index (χ4v) is 0.494. The molecule has 0 heterocycles. The Bertz CT molecular complexity index is 148. The average molecular weight is 196 g/mol. The van der Waals surface area contributed by atoms with Crippen molar-refractivity contribution in [3.05, 3.63) is 29.8 Å². The second kappa shape index (κ2) is 4.02. The molecule has 1 radical (unpaired) electrons. The Kier molecular flexibility index (Phi) is 4.08. The molecule has 1 N–H and O–H groups in total. The van der Waals surface area contributed by atoms with Crippen LogP contribution in [0.1, 0.15) is 5.56 Å². The van der Waals surface area contributed by atoms with E-state index in [-0.39, 0.29) is 38.5 Å². The van der Waals surface area contributed by atoms with E-state index in [1.807, 2.05) is 13.0 Å². The van der Waals surface area contributed by atoms with Crippen molar-refractivity contribution in [1.82, 2.24) is 0 Å². The number of phenols is 1. The van der Waals surface area contributed by atoms with Gasteiger partial charge in [0.15, 0.2) is 0 Å². The van der Waals surface area contributed by atoms with Crippen LogP contribution in [0.2, 0.25) is 0 Å². The molecule has 0 unspecified atom stereocenters. The first-order valence-electron chi connectivity index (χ1n) is 2.46. The van der Waals surface area contributed by atoms with Crippen molar-refractivity contribution in [2.45, 2.75) is 6.92 Å². The average Bonchev–Trinajstić information content (AvgIpc) is 1.77. The Labute approximate surface area is 80.0 Å². The van der Waals surface area contributed by atoms with Gasteiger partial charge in [0, 0.05) is 38.5 Å². The Morgan fingerprint density at radius 3 is 2.44 bits per heavy atom. The topological polar surface area (TPSA) is 20.2 Å². The largest absolute Gasteiger partial charge is 0.534 e. The Morgan fingerprint density at radius 1 is 1.44 bits per heavy atom. The van der Waals surface area contributed by atoms with Crippen LogP contribution in [-0.4, -0.2) is 5.11 Å². The molecule has 9 heavy (non-hydrogen) atoms. The first kappa shape index (κ1) is 9.12. The first-order valence-corrected chi connectivity index (χ1v) is 2.46. The summed E-state index contributed by atoms with van der Waals surface area (Å²) in [6, 6.07) is 7.86. The van der Waals surface area contributed by atoms with Gasteiger partial charge in [0.25, 0.3) is 0 Å². The summed E-state index contributed by atoms with van der Waals surface area (Å²) < 4.78 is 0. The van der Waals surface area contributed by atoms with Crippen LogP contribution in [0.25, 0.3) is 0 Å². The predicted molar refractivity (Wildman–Crippen MR) is 31.7 cm³/mol. The molecule has 1 aromatic carbocycles. The van der Waals surface area contributed by atoms with Crippen LogP contribution in [0, 0.1) is 13.0 Å². The van der Waals surface area contributed by atoms with E-state index in [1.54, 1.807) is 12.1 Å². The fourth-order valence-electron chi connectivity index (χ4n) is 0.494. The van der Waals surface area contributed by atoms with E-state index in [0.717, 1.165) is 5.56 Å². The number of hydrogen-bond acceptors (Lipinski definition) is 1. The molecular weight excluding hydrogens is 189 g/mol. The van der Waals surface area contributed by atoms with Crippen LogP contribution in [-0.2, 0) is 32.7 Å². The molecule has 0 atom stereocenters. The maximum atomic E-state index is 8.70. The summed E-state index contributed by atoms with van der Waals surface area (Å²) in [7, 11) is 0. The number of phenolic OH excluding ortho intramolecular Hbond substituents is 1. The van der Waals surface area contributed by atoms with Crippen molar-refractivity contribution in [3.63, 3.8) is 0 Å². The van der Waals surface area contributed by atoms with Gasteiger partial charge in [-0.15, -0.1) is 12.1 Å². The standard InChI is InChI=1S/C7H7O.Y/c1-6-2-4-7(8)5-3-6;/h2-4,8H,1H3;/q-1;. The van der Waals surface area contributed by atoms with Gasteiger partial charge in [0.1, 0.15) is 0 Å². The van der Waals surface area contributed by atoms with Crippen molar-refractivity contribution >= 4 is 0 Å². The Hall–Kier alpha value is 0.124.